The highest BCUT2D eigenvalue weighted by atomic mass is 35.5. The summed E-state index contributed by atoms with van der Waals surface area (Å²) in [5.74, 6) is 0.0719. The Kier molecular flexibility index (Phi) is 5.04. The first-order chi connectivity index (χ1) is 10.1. The van der Waals surface area contributed by atoms with E-state index in [4.69, 9.17) is 33.2 Å². The lowest BCUT2D eigenvalue weighted by atomic mass is 10.2. The molecule has 0 unspecified atom stereocenters. The molecule has 0 bridgehead atoms. The highest BCUT2D eigenvalue weighted by molar-refractivity contribution is 6.40. The Morgan fingerprint density at radius 2 is 1.86 bits per heavy atom. The summed E-state index contributed by atoms with van der Waals surface area (Å²) in [5, 5.41) is 11.7. The number of hydrogen-bond donors (Lipinski definition) is 1. The van der Waals surface area contributed by atoms with Crippen molar-refractivity contribution in [1.29, 1.82) is 5.26 Å². The third-order valence-corrected chi connectivity index (χ3v) is 3.22. The first-order valence-corrected chi connectivity index (χ1v) is 6.72. The van der Waals surface area contributed by atoms with Crippen LogP contribution in [-0.2, 0) is 0 Å². The van der Waals surface area contributed by atoms with Gasteiger partial charge in [-0.15, -0.1) is 0 Å². The van der Waals surface area contributed by atoms with Gasteiger partial charge in [-0.2, -0.15) is 5.26 Å². The summed E-state index contributed by atoms with van der Waals surface area (Å²) < 4.78 is 5.17. The molecule has 0 spiro atoms. The number of amides is 1. The van der Waals surface area contributed by atoms with Crippen LogP contribution in [0.5, 0.6) is 5.75 Å². The van der Waals surface area contributed by atoms with Gasteiger partial charge in [-0.3, -0.25) is 4.79 Å². The third-order valence-electron chi connectivity index (χ3n) is 2.59. The van der Waals surface area contributed by atoms with Crippen LogP contribution in [0.15, 0.2) is 42.5 Å². The van der Waals surface area contributed by atoms with Crippen molar-refractivity contribution in [3.8, 4) is 11.8 Å². The number of hydrogen-bond acceptors (Lipinski definition) is 3. The van der Waals surface area contributed by atoms with E-state index >= 15 is 0 Å². The SMILES string of the molecule is N#CCOc1cccc(NC(=O)c2c(Cl)cccc2Cl)c1. The monoisotopic (exact) mass is 320 g/mol. The summed E-state index contributed by atoms with van der Waals surface area (Å²) in [4.78, 5) is 12.2. The standard InChI is InChI=1S/C15H10Cl2N2O2/c16-12-5-2-6-13(17)14(12)15(20)19-10-3-1-4-11(9-10)21-8-7-18/h1-6,9H,8H2,(H,19,20). The van der Waals surface area contributed by atoms with E-state index in [9.17, 15) is 4.79 Å². The molecule has 106 valence electrons. The van der Waals surface area contributed by atoms with E-state index in [1.54, 1.807) is 42.5 Å². The molecule has 21 heavy (non-hydrogen) atoms. The van der Waals surface area contributed by atoms with Gasteiger partial charge in [0.05, 0.1) is 15.6 Å². The molecular formula is C15H10Cl2N2O2. The van der Waals surface area contributed by atoms with E-state index in [1.165, 1.54) is 0 Å². The lowest BCUT2D eigenvalue weighted by Gasteiger charge is -2.09. The molecular weight excluding hydrogens is 311 g/mol. The number of carbonyl (C=O) groups is 1. The minimum absolute atomic E-state index is 0.0618. The van der Waals surface area contributed by atoms with Crippen molar-refractivity contribution in [2.24, 2.45) is 0 Å². The lowest BCUT2D eigenvalue weighted by molar-refractivity contribution is 0.102. The summed E-state index contributed by atoms with van der Waals surface area (Å²) in [6.45, 7) is -0.0618. The number of rotatable bonds is 4. The molecule has 6 heteroatoms. The summed E-state index contributed by atoms with van der Waals surface area (Å²) in [6.07, 6.45) is 0. The van der Waals surface area contributed by atoms with E-state index in [2.05, 4.69) is 5.32 Å². The van der Waals surface area contributed by atoms with Crippen LogP contribution in [0, 0.1) is 11.3 Å². The molecule has 2 aromatic carbocycles. The Hall–Kier alpha value is -2.22. The summed E-state index contributed by atoms with van der Waals surface area (Å²) >= 11 is 12.0. The average molecular weight is 321 g/mol. The zero-order valence-electron chi connectivity index (χ0n) is 10.8. The molecule has 0 saturated carbocycles. The first kappa shape index (κ1) is 15.2. The second kappa shape index (κ2) is 6.98. The fourth-order valence-corrected chi connectivity index (χ4v) is 2.26. The Bertz CT molecular complexity index is 691. The fraction of sp³-hybridized carbons (Fsp3) is 0.0667. The Morgan fingerprint density at radius 1 is 1.19 bits per heavy atom. The van der Waals surface area contributed by atoms with E-state index in [1.807, 2.05) is 6.07 Å². The molecule has 0 atom stereocenters. The van der Waals surface area contributed by atoms with E-state index in [0.717, 1.165) is 0 Å². The number of carbonyl (C=O) groups excluding carboxylic acids is 1. The van der Waals surface area contributed by atoms with Crippen molar-refractivity contribution in [1.82, 2.24) is 0 Å². The minimum Gasteiger partial charge on any atom is -0.479 e. The van der Waals surface area contributed by atoms with Crippen molar-refractivity contribution < 1.29 is 9.53 Å². The quantitative estimate of drug-likeness (QED) is 0.920. The van der Waals surface area contributed by atoms with Crippen LogP contribution in [0.3, 0.4) is 0 Å². The molecule has 4 nitrogen and oxygen atoms in total. The molecule has 0 aromatic heterocycles. The van der Waals surface area contributed by atoms with Crippen LogP contribution in [0.25, 0.3) is 0 Å². The van der Waals surface area contributed by atoms with Gasteiger partial charge in [0.15, 0.2) is 6.61 Å². The molecule has 2 aromatic rings. The Labute approximate surface area is 131 Å². The van der Waals surface area contributed by atoms with Gasteiger partial charge < -0.3 is 10.1 Å². The predicted molar refractivity (Wildman–Crippen MR) is 82.0 cm³/mol. The zero-order valence-corrected chi connectivity index (χ0v) is 12.3. The van der Waals surface area contributed by atoms with Crippen LogP contribution in [0.2, 0.25) is 10.0 Å². The number of anilines is 1. The number of nitrogens with zero attached hydrogens (tertiary/aromatic N) is 1. The topological polar surface area (TPSA) is 62.1 Å². The van der Waals surface area contributed by atoms with Gasteiger partial charge in [0.1, 0.15) is 11.8 Å². The second-order valence-corrected chi connectivity index (χ2v) is 4.84. The van der Waals surface area contributed by atoms with Gasteiger partial charge in [-0.05, 0) is 24.3 Å². The molecule has 0 saturated heterocycles. The van der Waals surface area contributed by atoms with Crippen LogP contribution in [0.4, 0.5) is 5.69 Å². The molecule has 1 amide bonds. The molecule has 0 heterocycles. The van der Waals surface area contributed by atoms with E-state index < -0.39 is 5.91 Å². The van der Waals surface area contributed by atoms with Gasteiger partial charge in [0.2, 0.25) is 0 Å². The van der Waals surface area contributed by atoms with Crippen molar-refractivity contribution in [3.05, 3.63) is 58.1 Å². The summed E-state index contributed by atoms with van der Waals surface area (Å²) in [6, 6.07) is 13.4. The average Bonchev–Trinajstić information content (AvgIpc) is 2.45. The van der Waals surface area contributed by atoms with Crippen LogP contribution < -0.4 is 10.1 Å². The van der Waals surface area contributed by atoms with Gasteiger partial charge in [-0.25, -0.2) is 0 Å². The highest BCUT2D eigenvalue weighted by Gasteiger charge is 2.14. The molecule has 0 aliphatic heterocycles. The smallest absolute Gasteiger partial charge is 0.258 e. The van der Waals surface area contributed by atoms with E-state index in [0.29, 0.717) is 11.4 Å². The zero-order chi connectivity index (χ0) is 15.2. The highest BCUT2D eigenvalue weighted by Crippen LogP contribution is 2.26. The summed E-state index contributed by atoms with van der Waals surface area (Å²) in [5.41, 5.74) is 0.732. The molecule has 0 aliphatic rings. The summed E-state index contributed by atoms with van der Waals surface area (Å²) in [7, 11) is 0. The number of benzene rings is 2. The predicted octanol–water partition coefficient (Wildman–Crippen LogP) is 4.15. The Morgan fingerprint density at radius 3 is 2.52 bits per heavy atom. The maximum Gasteiger partial charge on any atom is 0.258 e. The van der Waals surface area contributed by atoms with Crippen molar-refractivity contribution >= 4 is 34.8 Å². The maximum absolute atomic E-state index is 12.2. The Balaban J connectivity index is 2.18. The molecule has 0 fully saturated rings. The van der Waals surface area contributed by atoms with Gasteiger partial charge in [0, 0.05) is 11.8 Å². The maximum atomic E-state index is 12.2. The molecule has 1 N–H and O–H groups in total. The largest absolute Gasteiger partial charge is 0.479 e. The third kappa shape index (κ3) is 3.88. The van der Waals surface area contributed by atoms with Crippen LogP contribution in [0.1, 0.15) is 10.4 Å². The first-order valence-electron chi connectivity index (χ1n) is 5.97. The van der Waals surface area contributed by atoms with Gasteiger partial charge >= 0.3 is 0 Å². The molecule has 0 radical (unpaired) electrons. The fourth-order valence-electron chi connectivity index (χ4n) is 1.69. The minimum atomic E-state index is -0.414. The van der Waals surface area contributed by atoms with Crippen LogP contribution >= 0.6 is 23.2 Å². The number of ether oxygens (including phenoxy) is 1. The lowest BCUT2D eigenvalue weighted by Crippen LogP contribution is -2.13. The van der Waals surface area contributed by atoms with Crippen molar-refractivity contribution in [2.45, 2.75) is 0 Å². The van der Waals surface area contributed by atoms with Crippen molar-refractivity contribution in [2.75, 3.05) is 11.9 Å². The van der Waals surface area contributed by atoms with Crippen molar-refractivity contribution in [3.63, 3.8) is 0 Å². The van der Waals surface area contributed by atoms with Gasteiger partial charge in [-0.1, -0.05) is 35.3 Å². The second-order valence-electron chi connectivity index (χ2n) is 4.03. The molecule has 0 aliphatic carbocycles. The number of halogens is 2. The normalized spacial score (nSPS) is 9.76. The number of nitrogens with one attached hydrogen (secondary N) is 1. The molecule has 2 rings (SSSR count). The van der Waals surface area contributed by atoms with E-state index in [-0.39, 0.29) is 22.2 Å². The number of nitriles is 1. The van der Waals surface area contributed by atoms with Crippen LogP contribution in [-0.4, -0.2) is 12.5 Å². The van der Waals surface area contributed by atoms with Gasteiger partial charge in [0.25, 0.3) is 5.91 Å².